The second-order valence-electron chi connectivity index (χ2n) is 7.01. The Morgan fingerprint density at radius 3 is 2.67 bits per heavy atom. The third kappa shape index (κ3) is 3.83. The summed E-state index contributed by atoms with van der Waals surface area (Å²) < 4.78 is 0. The van der Waals surface area contributed by atoms with Gasteiger partial charge in [-0.25, -0.2) is 4.98 Å². The van der Waals surface area contributed by atoms with Gasteiger partial charge in [0.25, 0.3) is 5.91 Å². The fraction of sp³-hybridized carbons (Fsp3) is 0.318. The van der Waals surface area contributed by atoms with E-state index < -0.39 is 0 Å². The zero-order chi connectivity index (χ0) is 18.6. The van der Waals surface area contributed by atoms with Crippen LogP contribution in [0.2, 0.25) is 0 Å². The maximum atomic E-state index is 12.6. The average Bonchev–Trinajstić information content (AvgIpc) is 2.73. The van der Waals surface area contributed by atoms with Crippen molar-refractivity contribution in [3.05, 3.63) is 71.5 Å². The second-order valence-corrected chi connectivity index (χ2v) is 7.01. The number of nitrogens with one attached hydrogen (secondary N) is 1. The topological polar surface area (TPSA) is 58.1 Å². The normalized spacial score (nSPS) is 15.3. The molecule has 0 saturated carbocycles. The Balaban J connectivity index is 1.41. The molecule has 5 heteroatoms. The number of benzene rings is 2. The molecule has 1 aliphatic rings. The molecule has 2 heterocycles. The number of carbonyl (C=O) groups excluding carboxylic acids is 1. The van der Waals surface area contributed by atoms with Crippen molar-refractivity contribution in [2.75, 3.05) is 13.1 Å². The molecule has 1 aromatic heterocycles. The van der Waals surface area contributed by atoms with Crippen LogP contribution in [0.5, 0.6) is 0 Å². The number of hydrogen-bond acceptors (Lipinski definition) is 4. The largest absolute Gasteiger partial charge is 0.349 e. The predicted octanol–water partition coefficient (Wildman–Crippen LogP) is 3.20. The van der Waals surface area contributed by atoms with Crippen molar-refractivity contribution in [3.63, 3.8) is 0 Å². The van der Waals surface area contributed by atoms with E-state index in [1.807, 2.05) is 24.3 Å². The molecule has 5 nitrogen and oxygen atoms in total. The minimum absolute atomic E-state index is 0.163. The van der Waals surface area contributed by atoms with Crippen molar-refractivity contribution in [1.29, 1.82) is 0 Å². The number of carbonyl (C=O) groups is 1. The van der Waals surface area contributed by atoms with Crippen LogP contribution in [0.4, 0.5) is 0 Å². The molecule has 0 bridgehead atoms. The molecule has 0 radical (unpaired) electrons. The van der Waals surface area contributed by atoms with Crippen LogP contribution < -0.4 is 5.32 Å². The standard InChI is InChI=1S/C22H24N4O/c1-2-18(26-12-11-16-7-3-4-8-17(16)15-26)13-24-22(27)21-14-23-19-9-5-6-10-20(19)25-21/h3-10,14,18H,2,11-13,15H2,1H3,(H,24,27). The van der Waals surface area contributed by atoms with E-state index in [0.29, 0.717) is 18.3 Å². The number of nitrogens with zero attached hydrogens (tertiary/aromatic N) is 3. The lowest BCUT2D eigenvalue weighted by atomic mass is 9.98. The molecule has 1 unspecified atom stereocenters. The van der Waals surface area contributed by atoms with E-state index in [1.54, 1.807) is 6.20 Å². The Morgan fingerprint density at radius 2 is 1.85 bits per heavy atom. The Morgan fingerprint density at radius 1 is 1.11 bits per heavy atom. The molecule has 0 aliphatic carbocycles. The van der Waals surface area contributed by atoms with Gasteiger partial charge in [-0.15, -0.1) is 0 Å². The molecule has 4 rings (SSSR count). The summed E-state index contributed by atoms with van der Waals surface area (Å²) in [7, 11) is 0. The Bertz CT molecular complexity index is 956. The molecular formula is C22H24N4O. The summed E-state index contributed by atoms with van der Waals surface area (Å²) >= 11 is 0. The van der Waals surface area contributed by atoms with E-state index in [2.05, 4.69) is 51.4 Å². The van der Waals surface area contributed by atoms with Crippen LogP contribution in [-0.2, 0) is 13.0 Å². The minimum atomic E-state index is -0.163. The summed E-state index contributed by atoms with van der Waals surface area (Å²) in [5.41, 5.74) is 4.75. The van der Waals surface area contributed by atoms with Gasteiger partial charge in [0.1, 0.15) is 5.69 Å². The highest BCUT2D eigenvalue weighted by Crippen LogP contribution is 2.21. The van der Waals surface area contributed by atoms with Gasteiger partial charge in [0.05, 0.1) is 17.2 Å². The smallest absolute Gasteiger partial charge is 0.271 e. The van der Waals surface area contributed by atoms with Crippen LogP contribution in [0.25, 0.3) is 11.0 Å². The number of para-hydroxylation sites is 2. The molecule has 138 valence electrons. The molecule has 1 aliphatic heterocycles. The number of fused-ring (bicyclic) bond motifs is 2. The molecule has 1 N–H and O–H groups in total. The van der Waals surface area contributed by atoms with E-state index in [-0.39, 0.29) is 5.91 Å². The van der Waals surface area contributed by atoms with Crippen molar-refractivity contribution in [2.45, 2.75) is 32.4 Å². The van der Waals surface area contributed by atoms with Gasteiger partial charge < -0.3 is 5.32 Å². The minimum Gasteiger partial charge on any atom is -0.349 e. The number of rotatable bonds is 5. The first-order chi connectivity index (χ1) is 13.2. The summed E-state index contributed by atoms with van der Waals surface area (Å²) in [6, 6.07) is 16.5. The molecule has 1 amide bonds. The second kappa shape index (κ2) is 7.84. The van der Waals surface area contributed by atoms with Crippen LogP contribution in [-0.4, -0.2) is 39.9 Å². The van der Waals surface area contributed by atoms with Gasteiger partial charge in [-0.1, -0.05) is 43.3 Å². The molecule has 0 saturated heterocycles. The van der Waals surface area contributed by atoms with Crippen molar-refractivity contribution >= 4 is 16.9 Å². The van der Waals surface area contributed by atoms with Crippen molar-refractivity contribution in [2.24, 2.45) is 0 Å². The Kier molecular flexibility index (Phi) is 5.12. The van der Waals surface area contributed by atoms with E-state index in [0.717, 1.165) is 37.0 Å². The number of amides is 1. The fourth-order valence-corrected chi connectivity index (χ4v) is 3.73. The third-order valence-electron chi connectivity index (χ3n) is 5.33. The van der Waals surface area contributed by atoms with Crippen molar-refractivity contribution in [3.8, 4) is 0 Å². The lowest BCUT2D eigenvalue weighted by Crippen LogP contribution is -2.45. The van der Waals surface area contributed by atoms with Gasteiger partial charge in [-0.3, -0.25) is 14.7 Å². The summed E-state index contributed by atoms with van der Waals surface area (Å²) in [5, 5.41) is 3.05. The van der Waals surface area contributed by atoms with Crippen LogP contribution in [0, 0.1) is 0 Å². The highest BCUT2D eigenvalue weighted by Gasteiger charge is 2.23. The Hall–Kier alpha value is -2.79. The Labute approximate surface area is 159 Å². The first-order valence-corrected chi connectivity index (χ1v) is 9.55. The molecule has 1 atom stereocenters. The van der Waals surface area contributed by atoms with E-state index >= 15 is 0 Å². The van der Waals surface area contributed by atoms with Crippen LogP contribution in [0.3, 0.4) is 0 Å². The monoisotopic (exact) mass is 360 g/mol. The third-order valence-corrected chi connectivity index (χ3v) is 5.33. The van der Waals surface area contributed by atoms with Crippen LogP contribution in [0.15, 0.2) is 54.7 Å². The lowest BCUT2D eigenvalue weighted by molar-refractivity contribution is 0.0921. The summed E-state index contributed by atoms with van der Waals surface area (Å²) in [5.74, 6) is -0.163. The summed E-state index contributed by atoms with van der Waals surface area (Å²) in [4.78, 5) is 23.8. The zero-order valence-corrected chi connectivity index (χ0v) is 15.6. The predicted molar refractivity (Wildman–Crippen MR) is 107 cm³/mol. The van der Waals surface area contributed by atoms with Gasteiger partial charge in [-0.2, -0.15) is 0 Å². The SMILES string of the molecule is CCC(CNC(=O)c1cnc2ccccc2n1)N1CCc2ccccc2C1. The van der Waals surface area contributed by atoms with Crippen molar-refractivity contribution in [1.82, 2.24) is 20.2 Å². The van der Waals surface area contributed by atoms with Crippen molar-refractivity contribution < 1.29 is 4.79 Å². The van der Waals surface area contributed by atoms with E-state index in [4.69, 9.17) is 0 Å². The molecule has 0 fully saturated rings. The molecular weight excluding hydrogens is 336 g/mol. The number of hydrogen-bond donors (Lipinski definition) is 1. The van der Waals surface area contributed by atoms with Gasteiger partial charge in [0.2, 0.25) is 0 Å². The highest BCUT2D eigenvalue weighted by atomic mass is 16.1. The number of aromatic nitrogens is 2. The van der Waals surface area contributed by atoms with Crippen LogP contribution >= 0.6 is 0 Å². The van der Waals surface area contributed by atoms with Gasteiger partial charge >= 0.3 is 0 Å². The molecule has 3 aromatic rings. The summed E-state index contributed by atoms with van der Waals surface area (Å²) in [6.07, 6.45) is 3.61. The van der Waals surface area contributed by atoms with Gasteiger partial charge in [-0.05, 0) is 36.1 Å². The van der Waals surface area contributed by atoms with E-state index in [1.165, 1.54) is 11.1 Å². The first kappa shape index (κ1) is 17.6. The van der Waals surface area contributed by atoms with Gasteiger partial charge in [0, 0.05) is 25.7 Å². The first-order valence-electron chi connectivity index (χ1n) is 9.55. The quantitative estimate of drug-likeness (QED) is 0.759. The summed E-state index contributed by atoms with van der Waals surface area (Å²) in [6.45, 7) is 4.76. The molecule has 2 aromatic carbocycles. The highest BCUT2D eigenvalue weighted by molar-refractivity contribution is 5.93. The maximum Gasteiger partial charge on any atom is 0.271 e. The lowest BCUT2D eigenvalue weighted by Gasteiger charge is -2.35. The van der Waals surface area contributed by atoms with Crippen LogP contribution in [0.1, 0.15) is 35.0 Å². The average molecular weight is 360 g/mol. The van der Waals surface area contributed by atoms with Gasteiger partial charge in [0.15, 0.2) is 0 Å². The fourth-order valence-electron chi connectivity index (χ4n) is 3.73. The molecule has 27 heavy (non-hydrogen) atoms. The molecule has 0 spiro atoms. The maximum absolute atomic E-state index is 12.6. The zero-order valence-electron chi connectivity index (χ0n) is 15.6. The van der Waals surface area contributed by atoms with E-state index in [9.17, 15) is 4.79 Å².